The number of piperidine rings is 1. The number of anilines is 1. The Morgan fingerprint density at radius 1 is 1.11 bits per heavy atom. The van der Waals surface area contributed by atoms with E-state index in [9.17, 15) is 17.6 Å². The van der Waals surface area contributed by atoms with Crippen LogP contribution in [0.5, 0.6) is 0 Å². The van der Waals surface area contributed by atoms with Crippen molar-refractivity contribution in [1.82, 2.24) is 19.5 Å². The Labute approximate surface area is 151 Å². The molecular formula is C17H16F4N6. The summed E-state index contributed by atoms with van der Waals surface area (Å²) in [4.78, 5) is 13.8. The zero-order valence-electron chi connectivity index (χ0n) is 14.1. The van der Waals surface area contributed by atoms with Gasteiger partial charge < -0.3 is 15.2 Å². The highest BCUT2D eigenvalue weighted by Crippen LogP contribution is 2.28. The van der Waals surface area contributed by atoms with Crippen LogP contribution in [-0.4, -0.2) is 44.8 Å². The minimum atomic E-state index is -1.13. The van der Waals surface area contributed by atoms with Crippen LogP contribution in [0, 0.1) is 17.5 Å². The van der Waals surface area contributed by atoms with Gasteiger partial charge in [-0.25, -0.2) is 32.5 Å². The van der Waals surface area contributed by atoms with Gasteiger partial charge in [-0.3, -0.25) is 0 Å². The van der Waals surface area contributed by atoms with Crippen LogP contribution >= 0.6 is 0 Å². The zero-order valence-corrected chi connectivity index (χ0v) is 14.1. The van der Waals surface area contributed by atoms with Gasteiger partial charge in [-0.05, 0) is 6.42 Å². The fourth-order valence-electron chi connectivity index (χ4n) is 3.23. The molecule has 10 heteroatoms. The standard InChI is InChI=1S/C17H16F4N6/c18-9-3-12(21)16-14(4-9)27(8-15-23-5-10(19)6-24-15)17(25-16)26-2-1-11(20)13(22)7-26/h3-6,11,13H,1-2,7-8,22H2. The van der Waals surface area contributed by atoms with Crippen molar-refractivity contribution in [2.24, 2.45) is 5.73 Å². The number of hydrogen-bond acceptors (Lipinski definition) is 5. The van der Waals surface area contributed by atoms with Gasteiger partial charge in [0.15, 0.2) is 11.6 Å². The van der Waals surface area contributed by atoms with Gasteiger partial charge in [-0.2, -0.15) is 0 Å². The summed E-state index contributed by atoms with van der Waals surface area (Å²) in [5.74, 6) is -1.61. The largest absolute Gasteiger partial charge is 0.340 e. The third kappa shape index (κ3) is 3.32. The van der Waals surface area contributed by atoms with Crippen molar-refractivity contribution in [2.75, 3.05) is 18.0 Å². The fourth-order valence-corrected chi connectivity index (χ4v) is 3.23. The van der Waals surface area contributed by atoms with Crippen molar-refractivity contribution in [2.45, 2.75) is 25.2 Å². The highest BCUT2D eigenvalue weighted by Gasteiger charge is 2.30. The van der Waals surface area contributed by atoms with E-state index in [4.69, 9.17) is 5.73 Å². The Balaban J connectivity index is 1.81. The molecule has 27 heavy (non-hydrogen) atoms. The van der Waals surface area contributed by atoms with Gasteiger partial charge in [-0.15, -0.1) is 0 Å². The van der Waals surface area contributed by atoms with Crippen LogP contribution in [0.15, 0.2) is 24.5 Å². The lowest BCUT2D eigenvalue weighted by Crippen LogP contribution is -2.50. The molecule has 1 fully saturated rings. The Kier molecular flexibility index (Phi) is 4.42. The molecular weight excluding hydrogens is 364 g/mol. The van der Waals surface area contributed by atoms with Gasteiger partial charge in [0.2, 0.25) is 5.95 Å². The molecule has 1 aliphatic heterocycles. The first-order valence-electron chi connectivity index (χ1n) is 8.38. The van der Waals surface area contributed by atoms with Crippen LogP contribution < -0.4 is 10.6 Å². The maximum absolute atomic E-state index is 14.2. The second-order valence-electron chi connectivity index (χ2n) is 6.49. The summed E-state index contributed by atoms with van der Waals surface area (Å²) in [5.41, 5.74) is 6.00. The summed E-state index contributed by atoms with van der Waals surface area (Å²) in [6.07, 6.45) is 1.09. The Bertz CT molecular complexity index is 974. The summed E-state index contributed by atoms with van der Waals surface area (Å²) in [6, 6.07) is 1.19. The third-order valence-corrected chi connectivity index (χ3v) is 4.58. The van der Waals surface area contributed by atoms with Crippen molar-refractivity contribution in [3.8, 4) is 0 Å². The topological polar surface area (TPSA) is 72.9 Å². The predicted octanol–water partition coefficient (Wildman–Crippen LogP) is 2.17. The average molecular weight is 380 g/mol. The van der Waals surface area contributed by atoms with Crippen molar-refractivity contribution < 1.29 is 17.6 Å². The molecule has 0 aliphatic carbocycles. The van der Waals surface area contributed by atoms with Crippen LogP contribution in [0.4, 0.5) is 23.5 Å². The lowest BCUT2D eigenvalue weighted by Gasteiger charge is -2.34. The monoisotopic (exact) mass is 380 g/mol. The molecule has 2 atom stereocenters. The second kappa shape index (κ2) is 6.76. The van der Waals surface area contributed by atoms with E-state index in [1.54, 1.807) is 4.90 Å². The molecule has 0 radical (unpaired) electrons. The molecule has 2 aromatic heterocycles. The maximum atomic E-state index is 14.2. The molecule has 0 saturated carbocycles. The summed E-state index contributed by atoms with van der Waals surface area (Å²) in [7, 11) is 0. The summed E-state index contributed by atoms with van der Waals surface area (Å²) in [6.45, 7) is 0.519. The number of nitrogens with two attached hydrogens (primary N) is 1. The molecule has 6 nitrogen and oxygen atoms in total. The Morgan fingerprint density at radius 2 is 1.85 bits per heavy atom. The molecule has 142 valence electrons. The zero-order chi connectivity index (χ0) is 19.1. The first kappa shape index (κ1) is 17.7. The quantitative estimate of drug-likeness (QED) is 0.705. The van der Waals surface area contributed by atoms with Crippen LogP contribution in [0.2, 0.25) is 0 Å². The van der Waals surface area contributed by atoms with E-state index in [1.807, 2.05) is 0 Å². The molecule has 0 bridgehead atoms. The smallest absolute Gasteiger partial charge is 0.207 e. The van der Waals surface area contributed by atoms with Crippen molar-refractivity contribution in [3.05, 3.63) is 47.8 Å². The Hall–Kier alpha value is -2.75. The van der Waals surface area contributed by atoms with Gasteiger partial charge in [0.25, 0.3) is 0 Å². The first-order valence-corrected chi connectivity index (χ1v) is 8.38. The number of hydrogen-bond donors (Lipinski definition) is 1. The number of benzene rings is 1. The lowest BCUT2D eigenvalue weighted by atomic mass is 10.1. The number of nitrogens with zero attached hydrogens (tertiary/aromatic N) is 5. The van der Waals surface area contributed by atoms with E-state index in [0.29, 0.717) is 12.5 Å². The van der Waals surface area contributed by atoms with Crippen LogP contribution in [0.3, 0.4) is 0 Å². The SMILES string of the molecule is NC1CN(c2nc3c(F)cc(F)cc3n2Cc2ncc(F)cn2)CCC1F. The van der Waals surface area contributed by atoms with Crippen LogP contribution in [0.1, 0.15) is 12.2 Å². The molecule has 3 aromatic rings. The number of imidazole rings is 1. The minimum absolute atomic E-state index is 0.0137. The summed E-state index contributed by atoms with van der Waals surface area (Å²) < 4.78 is 56.4. The lowest BCUT2D eigenvalue weighted by molar-refractivity contribution is 0.243. The molecule has 3 heterocycles. The highest BCUT2D eigenvalue weighted by molar-refractivity contribution is 5.80. The molecule has 2 unspecified atom stereocenters. The molecule has 0 amide bonds. The van der Waals surface area contributed by atoms with Crippen molar-refractivity contribution >= 4 is 17.0 Å². The van der Waals surface area contributed by atoms with E-state index in [2.05, 4.69) is 15.0 Å². The summed E-state index contributed by atoms with van der Waals surface area (Å²) in [5, 5.41) is 0. The molecule has 1 aromatic carbocycles. The van der Waals surface area contributed by atoms with Crippen molar-refractivity contribution in [3.63, 3.8) is 0 Å². The normalized spacial score (nSPS) is 20.4. The first-order chi connectivity index (χ1) is 12.9. The predicted molar refractivity (Wildman–Crippen MR) is 90.4 cm³/mol. The Morgan fingerprint density at radius 3 is 2.56 bits per heavy atom. The van der Waals surface area contributed by atoms with Crippen LogP contribution in [0.25, 0.3) is 11.0 Å². The van der Waals surface area contributed by atoms with E-state index in [1.165, 1.54) is 4.57 Å². The summed E-state index contributed by atoms with van der Waals surface area (Å²) >= 11 is 0. The van der Waals surface area contributed by atoms with E-state index >= 15 is 0 Å². The second-order valence-corrected chi connectivity index (χ2v) is 6.49. The molecule has 4 rings (SSSR count). The fraction of sp³-hybridized carbons (Fsp3) is 0.353. The van der Waals surface area contributed by atoms with E-state index in [0.717, 1.165) is 24.5 Å². The van der Waals surface area contributed by atoms with Crippen LogP contribution in [-0.2, 0) is 6.54 Å². The van der Waals surface area contributed by atoms with Gasteiger partial charge in [0, 0.05) is 25.2 Å². The number of alkyl halides is 1. The van der Waals surface area contributed by atoms with Gasteiger partial charge in [0.1, 0.15) is 23.3 Å². The van der Waals surface area contributed by atoms with Gasteiger partial charge >= 0.3 is 0 Å². The number of rotatable bonds is 3. The molecule has 2 N–H and O–H groups in total. The van der Waals surface area contributed by atoms with Crippen molar-refractivity contribution in [1.29, 1.82) is 0 Å². The highest BCUT2D eigenvalue weighted by atomic mass is 19.1. The van der Waals surface area contributed by atoms with Gasteiger partial charge in [0.05, 0.1) is 30.5 Å². The van der Waals surface area contributed by atoms with E-state index in [-0.39, 0.29) is 36.4 Å². The molecule has 1 aliphatic rings. The van der Waals surface area contributed by atoms with E-state index < -0.39 is 29.7 Å². The third-order valence-electron chi connectivity index (χ3n) is 4.58. The van der Waals surface area contributed by atoms with Gasteiger partial charge in [-0.1, -0.05) is 0 Å². The average Bonchev–Trinajstić information content (AvgIpc) is 2.98. The maximum Gasteiger partial charge on any atom is 0.207 e. The number of fused-ring (bicyclic) bond motifs is 1. The minimum Gasteiger partial charge on any atom is -0.340 e. The number of aromatic nitrogens is 4. The molecule has 0 spiro atoms. The molecule has 1 saturated heterocycles. The number of halogens is 4.